The number of hydrogen-bond donors (Lipinski definition) is 2. The van der Waals surface area contributed by atoms with Crippen molar-refractivity contribution in [2.24, 2.45) is 0 Å². The molecule has 1 amide bonds. The van der Waals surface area contributed by atoms with Crippen LogP contribution in [0, 0.1) is 5.82 Å². The summed E-state index contributed by atoms with van der Waals surface area (Å²) in [5.74, 6) is -0.338. The van der Waals surface area contributed by atoms with E-state index in [9.17, 15) is 17.6 Å². The molecule has 27 heavy (non-hydrogen) atoms. The van der Waals surface area contributed by atoms with Gasteiger partial charge < -0.3 is 10.1 Å². The largest absolute Gasteiger partial charge is 0.490 e. The smallest absolute Gasteiger partial charge is 0.241 e. The Bertz CT molecular complexity index is 877. The SMILES string of the molecule is O=C(CNS(=O)(=O)c1ccc(OC2CCCC2)cc1)Nc1ccc(F)cc1. The number of nitrogens with one attached hydrogen (secondary N) is 2. The zero-order valence-corrected chi connectivity index (χ0v) is 15.5. The first-order chi connectivity index (χ1) is 12.9. The highest BCUT2D eigenvalue weighted by atomic mass is 32.2. The van der Waals surface area contributed by atoms with Gasteiger partial charge in [-0.3, -0.25) is 4.79 Å². The lowest BCUT2D eigenvalue weighted by Gasteiger charge is -2.13. The maximum Gasteiger partial charge on any atom is 0.241 e. The van der Waals surface area contributed by atoms with E-state index in [4.69, 9.17) is 4.74 Å². The van der Waals surface area contributed by atoms with Crippen LogP contribution in [-0.2, 0) is 14.8 Å². The molecule has 0 aliphatic heterocycles. The van der Waals surface area contributed by atoms with Gasteiger partial charge in [0.1, 0.15) is 11.6 Å². The van der Waals surface area contributed by atoms with Crippen LogP contribution in [0.2, 0.25) is 0 Å². The summed E-state index contributed by atoms with van der Waals surface area (Å²) in [4.78, 5) is 11.9. The fraction of sp³-hybridized carbons (Fsp3) is 0.316. The molecule has 0 heterocycles. The molecule has 3 rings (SSSR count). The molecule has 6 nitrogen and oxygen atoms in total. The molecular formula is C19H21FN2O4S. The Hall–Kier alpha value is -2.45. The van der Waals surface area contributed by atoms with E-state index in [1.54, 1.807) is 12.1 Å². The molecule has 2 aromatic carbocycles. The monoisotopic (exact) mass is 392 g/mol. The highest BCUT2D eigenvalue weighted by Crippen LogP contribution is 2.24. The summed E-state index contributed by atoms with van der Waals surface area (Å²) in [5, 5.41) is 2.49. The molecular weight excluding hydrogens is 371 g/mol. The number of ether oxygens (including phenoxy) is 1. The first-order valence-corrected chi connectivity index (χ1v) is 10.2. The van der Waals surface area contributed by atoms with E-state index in [0.29, 0.717) is 11.4 Å². The van der Waals surface area contributed by atoms with Crippen molar-refractivity contribution < 1.29 is 22.3 Å². The van der Waals surface area contributed by atoms with Crippen molar-refractivity contribution >= 4 is 21.6 Å². The standard InChI is InChI=1S/C19H21FN2O4S/c20-14-5-7-15(8-6-14)22-19(23)13-21-27(24,25)18-11-9-17(10-12-18)26-16-3-1-2-4-16/h5-12,16,21H,1-4,13H2,(H,22,23). The molecule has 0 saturated heterocycles. The zero-order valence-electron chi connectivity index (χ0n) is 14.7. The third-order valence-corrected chi connectivity index (χ3v) is 5.71. The fourth-order valence-corrected chi connectivity index (χ4v) is 3.86. The van der Waals surface area contributed by atoms with Gasteiger partial charge in [0, 0.05) is 5.69 Å². The Balaban J connectivity index is 1.54. The molecule has 2 aromatic rings. The number of halogens is 1. The van der Waals surface area contributed by atoms with Crippen LogP contribution in [0.15, 0.2) is 53.4 Å². The van der Waals surface area contributed by atoms with Gasteiger partial charge in [0.05, 0.1) is 17.5 Å². The number of sulfonamides is 1. The van der Waals surface area contributed by atoms with Crippen LogP contribution in [0.1, 0.15) is 25.7 Å². The van der Waals surface area contributed by atoms with Crippen molar-refractivity contribution in [1.82, 2.24) is 4.72 Å². The average Bonchev–Trinajstić information content (AvgIpc) is 3.16. The molecule has 0 atom stereocenters. The summed E-state index contributed by atoms with van der Waals surface area (Å²) in [6.07, 6.45) is 4.54. The second-order valence-corrected chi connectivity index (χ2v) is 8.14. The Kier molecular flexibility index (Phi) is 6.08. The quantitative estimate of drug-likeness (QED) is 0.758. The Labute approximate surface area is 157 Å². The van der Waals surface area contributed by atoms with E-state index >= 15 is 0 Å². The Morgan fingerprint density at radius 2 is 1.67 bits per heavy atom. The molecule has 1 aliphatic rings. The number of carbonyl (C=O) groups excluding carboxylic acids is 1. The summed E-state index contributed by atoms with van der Waals surface area (Å²) >= 11 is 0. The highest BCUT2D eigenvalue weighted by molar-refractivity contribution is 7.89. The van der Waals surface area contributed by atoms with Gasteiger partial charge in [0.15, 0.2) is 0 Å². The third kappa shape index (κ3) is 5.51. The highest BCUT2D eigenvalue weighted by Gasteiger charge is 2.18. The van der Waals surface area contributed by atoms with Gasteiger partial charge >= 0.3 is 0 Å². The van der Waals surface area contributed by atoms with Crippen molar-refractivity contribution in [3.8, 4) is 5.75 Å². The number of carbonyl (C=O) groups is 1. The van der Waals surface area contributed by atoms with E-state index in [1.165, 1.54) is 36.4 Å². The van der Waals surface area contributed by atoms with Gasteiger partial charge in [0.25, 0.3) is 0 Å². The van der Waals surface area contributed by atoms with Crippen LogP contribution in [-0.4, -0.2) is 27.0 Å². The zero-order chi connectivity index (χ0) is 19.3. The second kappa shape index (κ2) is 8.49. The lowest BCUT2D eigenvalue weighted by atomic mass is 10.3. The Morgan fingerprint density at radius 3 is 2.30 bits per heavy atom. The van der Waals surface area contributed by atoms with Gasteiger partial charge in [-0.05, 0) is 74.2 Å². The first kappa shape index (κ1) is 19.3. The fourth-order valence-electron chi connectivity index (χ4n) is 2.88. The summed E-state index contributed by atoms with van der Waals surface area (Å²) in [6.45, 7) is -0.431. The van der Waals surface area contributed by atoms with E-state index in [-0.39, 0.29) is 11.0 Å². The van der Waals surface area contributed by atoms with Gasteiger partial charge in [-0.1, -0.05) is 0 Å². The van der Waals surface area contributed by atoms with Crippen molar-refractivity contribution in [3.63, 3.8) is 0 Å². The minimum absolute atomic E-state index is 0.0517. The molecule has 1 fully saturated rings. The molecule has 0 spiro atoms. The predicted octanol–water partition coefficient (Wildman–Crippen LogP) is 3.06. The van der Waals surface area contributed by atoms with Crippen LogP contribution in [0.3, 0.4) is 0 Å². The average molecular weight is 392 g/mol. The molecule has 1 aliphatic carbocycles. The number of amides is 1. The summed E-state index contributed by atoms with van der Waals surface area (Å²) in [7, 11) is -3.82. The van der Waals surface area contributed by atoms with E-state index < -0.39 is 28.3 Å². The number of benzene rings is 2. The van der Waals surface area contributed by atoms with Gasteiger partial charge in [-0.15, -0.1) is 0 Å². The molecule has 0 radical (unpaired) electrons. The van der Waals surface area contributed by atoms with E-state index in [2.05, 4.69) is 10.0 Å². The van der Waals surface area contributed by atoms with Crippen molar-refractivity contribution in [3.05, 3.63) is 54.3 Å². The first-order valence-electron chi connectivity index (χ1n) is 8.74. The van der Waals surface area contributed by atoms with Crippen LogP contribution < -0.4 is 14.8 Å². The maximum atomic E-state index is 12.8. The Morgan fingerprint density at radius 1 is 1.04 bits per heavy atom. The predicted molar refractivity (Wildman–Crippen MR) is 99.5 cm³/mol. The lowest BCUT2D eigenvalue weighted by molar-refractivity contribution is -0.115. The van der Waals surface area contributed by atoms with Gasteiger partial charge in [-0.25, -0.2) is 17.5 Å². The molecule has 1 saturated carbocycles. The van der Waals surface area contributed by atoms with E-state index in [1.807, 2.05) is 0 Å². The minimum atomic E-state index is -3.82. The van der Waals surface area contributed by atoms with Crippen molar-refractivity contribution in [2.45, 2.75) is 36.7 Å². The molecule has 2 N–H and O–H groups in total. The topological polar surface area (TPSA) is 84.5 Å². The summed E-state index contributed by atoms with van der Waals surface area (Å²) in [5.41, 5.74) is 0.383. The van der Waals surface area contributed by atoms with Crippen LogP contribution in [0.25, 0.3) is 0 Å². The number of rotatable bonds is 7. The number of anilines is 1. The van der Waals surface area contributed by atoms with Gasteiger partial charge in [-0.2, -0.15) is 0 Å². The van der Waals surface area contributed by atoms with Crippen LogP contribution in [0.4, 0.5) is 10.1 Å². The summed E-state index contributed by atoms with van der Waals surface area (Å²) < 4.78 is 45.5. The van der Waals surface area contributed by atoms with Gasteiger partial charge in [0.2, 0.25) is 15.9 Å². The van der Waals surface area contributed by atoms with Crippen LogP contribution in [0.5, 0.6) is 5.75 Å². The lowest BCUT2D eigenvalue weighted by Crippen LogP contribution is -2.32. The normalized spacial score (nSPS) is 14.9. The molecule has 8 heteroatoms. The van der Waals surface area contributed by atoms with E-state index in [0.717, 1.165) is 25.7 Å². The molecule has 0 bridgehead atoms. The molecule has 0 aromatic heterocycles. The molecule has 144 valence electrons. The number of hydrogen-bond acceptors (Lipinski definition) is 4. The third-order valence-electron chi connectivity index (χ3n) is 4.29. The van der Waals surface area contributed by atoms with Crippen molar-refractivity contribution in [2.75, 3.05) is 11.9 Å². The van der Waals surface area contributed by atoms with Crippen LogP contribution >= 0.6 is 0 Å². The summed E-state index contributed by atoms with van der Waals surface area (Å²) in [6, 6.07) is 11.3. The minimum Gasteiger partial charge on any atom is -0.490 e. The second-order valence-electron chi connectivity index (χ2n) is 6.38. The van der Waals surface area contributed by atoms with Crippen molar-refractivity contribution in [1.29, 1.82) is 0 Å². The molecule has 0 unspecified atom stereocenters. The maximum absolute atomic E-state index is 12.8.